The molecule has 5 heteroatoms. The van der Waals surface area contributed by atoms with E-state index < -0.39 is 0 Å². The second-order valence-corrected chi connectivity index (χ2v) is 6.05. The maximum absolute atomic E-state index is 6.13. The Morgan fingerprint density at radius 2 is 2.06 bits per heavy atom. The average molecular weight is 284 g/mol. The molecule has 0 aliphatic carbocycles. The van der Waals surface area contributed by atoms with Crippen LogP contribution in [-0.4, -0.2) is 21.4 Å². The summed E-state index contributed by atoms with van der Waals surface area (Å²) in [6.07, 6.45) is 3.56. The number of hydrogen-bond acceptors (Lipinski definition) is 4. The third-order valence-corrected chi connectivity index (χ3v) is 4.92. The maximum atomic E-state index is 6.13. The molecule has 0 aliphatic rings. The van der Waals surface area contributed by atoms with Crippen LogP contribution in [0.15, 0.2) is 12.4 Å². The topological polar surface area (TPSA) is 37.8 Å². The van der Waals surface area contributed by atoms with Gasteiger partial charge < -0.3 is 5.32 Å². The van der Waals surface area contributed by atoms with Crippen LogP contribution >= 0.6 is 22.9 Å². The zero-order chi connectivity index (χ0) is 13.2. The zero-order valence-corrected chi connectivity index (χ0v) is 12.5. The molecule has 1 N–H and O–H groups in total. The summed E-state index contributed by atoms with van der Waals surface area (Å²) in [5.74, 6) is 1.47. The first kappa shape index (κ1) is 13.6. The molecule has 98 valence electrons. The minimum absolute atomic E-state index is 0.0846. The number of aryl methyl sites for hydroxylation is 1. The third-order valence-electron chi connectivity index (χ3n) is 3.45. The molecule has 0 aromatic carbocycles. The van der Waals surface area contributed by atoms with Crippen molar-refractivity contribution >= 4 is 39.0 Å². The van der Waals surface area contributed by atoms with E-state index in [1.54, 1.807) is 17.7 Å². The number of nitrogens with one attached hydrogen (secondary N) is 1. The van der Waals surface area contributed by atoms with Crippen molar-refractivity contribution in [3.05, 3.63) is 17.3 Å². The Hall–Kier alpha value is -0.870. The monoisotopic (exact) mass is 283 g/mol. The fourth-order valence-corrected chi connectivity index (χ4v) is 3.27. The van der Waals surface area contributed by atoms with Gasteiger partial charge in [-0.2, -0.15) is 0 Å². The van der Waals surface area contributed by atoms with E-state index in [1.807, 2.05) is 0 Å². The Bertz CT molecular complexity index is 526. The molecule has 0 atom stereocenters. The number of alkyl halides is 1. The van der Waals surface area contributed by atoms with Gasteiger partial charge in [-0.25, -0.2) is 9.97 Å². The molecule has 0 fully saturated rings. The van der Waals surface area contributed by atoms with Gasteiger partial charge in [-0.3, -0.25) is 0 Å². The van der Waals surface area contributed by atoms with Crippen molar-refractivity contribution in [2.24, 2.45) is 0 Å². The van der Waals surface area contributed by atoms with Crippen molar-refractivity contribution in [1.29, 1.82) is 0 Å². The maximum Gasteiger partial charge on any atom is 0.138 e. The first-order valence-corrected chi connectivity index (χ1v) is 7.54. The molecule has 0 bridgehead atoms. The Morgan fingerprint density at radius 3 is 2.67 bits per heavy atom. The fraction of sp³-hybridized carbons (Fsp3) is 0.538. The van der Waals surface area contributed by atoms with Crippen LogP contribution in [0.1, 0.15) is 31.6 Å². The van der Waals surface area contributed by atoms with Crippen LogP contribution in [0.3, 0.4) is 0 Å². The van der Waals surface area contributed by atoms with Crippen LogP contribution in [0.2, 0.25) is 0 Å². The molecule has 2 aromatic rings. The minimum atomic E-state index is -0.0846. The predicted octanol–water partition coefficient (Wildman–Crippen LogP) is 4.21. The average Bonchev–Trinajstić information content (AvgIpc) is 2.77. The van der Waals surface area contributed by atoms with E-state index in [9.17, 15) is 0 Å². The molecule has 0 saturated heterocycles. The molecule has 18 heavy (non-hydrogen) atoms. The second kappa shape index (κ2) is 5.41. The molecule has 0 spiro atoms. The largest absolute Gasteiger partial charge is 0.363 e. The van der Waals surface area contributed by atoms with E-state index in [-0.39, 0.29) is 5.54 Å². The first-order chi connectivity index (χ1) is 8.64. The van der Waals surface area contributed by atoms with Crippen molar-refractivity contribution < 1.29 is 0 Å². The van der Waals surface area contributed by atoms with Gasteiger partial charge in [0.2, 0.25) is 0 Å². The number of thiophene rings is 1. The van der Waals surface area contributed by atoms with Crippen molar-refractivity contribution in [2.75, 3.05) is 11.2 Å². The van der Waals surface area contributed by atoms with Crippen molar-refractivity contribution in [3.63, 3.8) is 0 Å². The molecular formula is C13H18ClN3S. The smallest absolute Gasteiger partial charge is 0.138 e. The summed E-state index contributed by atoms with van der Waals surface area (Å²) in [7, 11) is 0. The summed E-state index contributed by atoms with van der Waals surface area (Å²) in [5.41, 5.74) is -0.0846. The van der Waals surface area contributed by atoms with E-state index in [1.165, 1.54) is 4.88 Å². The van der Waals surface area contributed by atoms with Crippen LogP contribution in [0.25, 0.3) is 10.2 Å². The van der Waals surface area contributed by atoms with Crippen LogP contribution in [-0.2, 0) is 0 Å². The third kappa shape index (κ3) is 2.45. The SMILES string of the molecule is CCC(CC)(CCl)Nc1ncnc2sc(C)cc12. The molecule has 2 heterocycles. The molecule has 3 nitrogen and oxygen atoms in total. The van der Waals surface area contributed by atoms with Gasteiger partial charge in [-0.05, 0) is 25.8 Å². The van der Waals surface area contributed by atoms with E-state index >= 15 is 0 Å². The Balaban J connectivity index is 2.42. The van der Waals surface area contributed by atoms with Gasteiger partial charge in [0.15, 0.2) is 0 Å². The van der Waals surface area contributed by atoms with E-state index in [4.69, 9.17) is 11.6 Å². The van der Waals surface area contributed by atoms with E-state index in [0.29, 0.717) is 5.88 Å². The van der Waals surface area contributed by atoms with Gasteiger partial charge in [0.25, 0.3) is 0 Å². The number of halogens is 1. The lowest BCUT2D eigenvalue weighted by atomic mass is 9.95. The summed E-state index contributed by atoms with van der Waals surface area (Å²) >= 11 is 7.82. The van der Waals surface area contributed by atoms with Crippen LogP contribution in [0, 0.1) is 6.92 Å². The number of fused-ring (bicyclic) bond motifs is 1. The van der Waals surface area contributed by atoms with Gasteiger partial charge in [-0.15, -0.1) is 22.9 Å². The molecular weight excluding hydrogens is 266 g/mol. The number of rotatable bonds is 5. The normalized spacial score (nSPS) is 12.0. The van der Waals surface area contributed by atoms with E-state index in [2.05, 4.69) is 42.1 Å². The minimum Gasteiger partial charge on any atom is -0.363 e. The molecule has 2 aromatic heterocycles. The highest BCUT2D eigenvalue weighted by molar-refractivity contribution is 7.18. The second-order valence-electron chi connectivity index (χ2n) is 4.54. The van der Waals surface area contributed by atoms with Crippen molar-refractivity contribution in [2.45, 2.75) is 39.2 Å². The molecule has 0 radical (unpaired) electrons. The summed E-state index contributed by atoms with van der Waals surface area (Å²) < 4.78 is 0. The highest BCUT2D eigenvalue weighted by Crippen LogP contribution is 2.31. The molecule has 0 saturated carbocycles. The lowest BCUT2D eigenvalue weighted by Gasteiger charge is -2.31. The summed E-state index contributed by atoms with van der Waals surface area (Å²) in [4.78, 5) is 11.0. The quantitative estimate of drug-likeness (QED) is 0.835. The Morgan fingerprint density at radius 1 is 1.33 bits per heavy atom. The van der Waals surface area contributed by atoms with Gasteiger partial charge >= 0.3 is 0 Å². The number of anilines is 1. The lowest BCUT2D eigenvalue weighted by Crippen LogP contribution is -2.39. The Kier molecular flexibility index (Phi) is 4.07. The Labute approximate surface area is 117 Å². The molecule has 0 aliphatic heterocycles. The van der Waals surface area contributed by atoms with Gasteiger partial charge in [0.1, 0.15) is 17.0 Å². The number of aromatic nitrogens is 2. The van der Waals surface area contributed by atoms with Gasteiger partial charge in [0.05, 0.1) is 10.9 Å². The van der Waals surface area contributed by atoms with Crippen LogP contribution < -0.4 is 5.32 Å². The van der Waals surface area contributed by atoms with E-state index in [0.717, 1.165) is 28.9 Å². The standard InChI is InChI=1S/C13H18ClN3S/c1-4-13(5-2,7-14)17-11-10-6-9(3)18-12(10)16-8-15-11/h6,8H,4-5,7H2,1-3H3,(H,15,16,17). The summed E-state index contributed by atoms with van der Waals surface area (Å²) in [5, 5.41) is 4.62. The highest BCUT2D eigenvalue weighted by Gasteiger charge is 2.26. The molecule has 0 unspecified atom stereocenters. The first-order valence-electron chi connectivity index (χ1n) is 6.19. The fourth-order valence-electron chi connectivity index (χ4n) is 1.98. The zero-order valence-electron chi connectivity index (χ0n) is 11.0. The lowest BCUT2D eigenvalue weighted by molar-refractivity contribution is 0.483. The summed E-state index contributed by atoms with van der Waals surface area (Å²) in [6, 6.07) is 2.13. The number of hydrogen-bond donors (Lipinski definition) is 1. The van der Waals surface area contributed by atoms with Crippen molar-refractivity contribution in [3.8, 4) is 0 Å². The van der Waals surface area contributed by atoms with Gasteiger partial charge in [-0.1, -0.05) is 13.8 Å². The van der Waals surface area contributed by atoms with Crippen LogP contribution in [0.4, 0.5) is 5.82 Å². The van der Waals surface area contributed by atoms with Crippen LogP contribution in [0.5, 0.6) is 0 Å². The highest BCUT2D eigenvalue weighted by atomic mass is 35.5. The predicted molar refractivity (Wildman–Crippen MR) is 79.8 cm³/mol. The van der Waals surface area contributed by atoms with Gasteiger partial charge in [0, 0.05) is 10.8 Å². The molecule has 2 rings (SSSR count). The van der Waals surface area contributed by atoms with Crippen molar-refractivity contribution in [1.82, 2.24) is 9.97 Å². The molecule has 0 amide bonds. The number of nitrogens with zero attached hydrogens (tertiary/aromatic N) is 2. The summed E-state index contributed by atoms with van der Waals surface area (Å²) in [6.45, 7) is 6.39.